The van der Waals surface area contributed by atoms with Gasteiger partial charge in [0.2, 0.25) is 0 Å². The van der Waals surface area contributed by atoms with E-state index in [0.717, 1.165) is 0 Å². The van der Waals surface area contributed by atoms with Crippen molar-refractivity contribution in [2.45, 2.75) is 19.4 Å². The summed E-state index contributed by atoms with van der Waals surface area (Å²) in [4.78, 5) is 26.4. The number of nitrogens with zero attached hydrogens (tertiary/aromatic N) is 1. The summed E-state index contributed by atoms with van der Waals surface area (Å²) < 4.78 is 4.59. The topological polar surface area (TPSA) is 88.5 Å². The maximum absolute atomic E-state index is 11.4. The highest BCUT2D eigenvalue weighted by Gasteiger charge is 2.17. The Morgan fingerprint density at radius 3 is 2.74 bits per heavy atom. The van der Waals surface area contributed by atoms with Gasteiger partial charge < -0.3 is 15.2 Å². The quantitative estimate of drug-likeness (QED) is 0.609. The smallest absolute Gasteiger partial charge is 0.339 e. The van der Waals surface area contributed by atoms with Gasteiger partial charge in [0.25, 0.3) is 0 Å². The van der Waals surface area contributed by atoms with E-state index in [2.05, 4.69) is 21.0 Å². The van der Waals surface area contributed by atoms with Crippen LogP contribution in [0.5, 0.6) is 0 Å². The van der Waals surface area contributed by atoms with E-state index in [9.17, 15) is 9.59 Å². The fraction of sp³-hybridized carbons (Fsp3) is 0.308. The van der Waals surface area contributed by atoms with Crippen LogP contribution in [0.15, 0.2) is 12.1 Å². The number of hydrogen-bond acceptors (Lipinski definition) is 5. The van der Waals surface area contributed by atoms with Gasteiger partial charge in [0.1, 0.15) is 11.9 Å². The summed E-state index contributed by atoms with van der Waals surface area (Å²) in [6, 6.07) is 2.11. The van der Waals surface area contributed by atoms with Crippen LogP contribution in [-0.4, -0.2) is 35.2 Å². The van der Waals surface area contributed by atoms with Gasteiger partial charge in [0.15, 0.2) is 0 Å². The van der Waals surface area contributed by atoms with Crippen molar-refractivity contribution in [2.24, 2.45) is 0 Å². The molecule has 0 aromatic carbocycles. The zero-order chi connectivity index (χ0) is 14.4. The molecule has 0 aliphatic heterocycles. The van der Waals surface area contributed by atoms with E-state index < -0.39 is 18.0 Å². The molecule has 6 nitrogen and oxygen atoms in total. The third-order valence-electron chi connectivity index (χ3n) is 2.43. The molecule has 1 rings (SSSR count). The number of ether oxygens (including phenoxy) is 1. The van der Waals surface area contributed by atoms with Gasteiger partial charge in [-0.1, -0.05) is 0 Å². The van der Waals surface area contributed by atoms with Crippen LogP contribution in [0.25, 0.3) is 0 Å². The van der Waals surface area contributed by atoms with Gasteiger partial charge in [-0.2, -0.15) is 0 Å². The molecule has 0 aliphatic carbocycles. The number of pyridine rings is 1. The second-order valence-corrected chi connectivity index (χ2v) is 3.76. The Labute approximate surface area is 110 Å². The highest BCUT2D eigenvalue weighted by Crippen LogP contribution is 2.13. The summed E-state index contributed by atoms with van der Waals surface area (Å²) in [7, 11) is 1.28. The van der Waals surface area contributed by atoms with Gasteiger partial charge in [-0.15, -0.1) is 12.3 Å². The van der Waals surface area contributed by atoms with Crippen LogP contribution in [0.2, 0.25) is 0 Å². The van der Waals surface area contributed by atoms with Crippen molar-refractivity contribution in [1.82, 2.24) is 4.98 Å². The Hall–Kier alpha value is -2.55. The molecule has 1 aromatic heterocycles. The number of aryl methyl sites for hydroxylation is 1. The molecule has 1 atom stereocenters. The first-order valence-electron chi connectivity index (χ1n) is 5.48. The average Bonchev–Trinajstić information content (AvgIpc) is 2.37. The normalized spacial score (nSPS) is 11.2. The number of esters is 1. The maximum atomic E-state index is 11.4. The first-order chi connectivity index (χ1) is 8.99. The third kappa shape index (κ3) is 3.71. The van der Waals surface area contributed by atoms with Crippen LogP contribution in [0, 0.1) is 19.3 Å². The monoisotopic (exact) mass is 262 g/mol. The van der Waals surface area contributed by atoms with E-state index in [1.165, 1.54) is 19.2 Å². The summed E-state index contributed by atoms with van der Waals surface area (Å²) in [6.07, 6.45) is 5.13. The first kappa shape index (κ1) is 14.5. The molecule has 1 aromatic rings. The number of carboxylic acids is 1. The molecular weight excluding hydrogens is 248 g/mol. The molecule has 1 unspecified atom stereocenters. The lowest BCUT2D eigenvalue weighted by Gasteiger charge is -2.13. The van der Waals surface area contributed by atoms with Crippen molar-refractivity contribution < 1.29 is 19.4 Å². The van der Waals surface area contributed by atoms with Crippen molar-refractivity contribution in [1.29, 1.82) is 0 Å². The van der Waals surface area contributed by atoms with Crippen molar-refractivity contribution in [3.63, 3.8) is 0 Å². The van der Waals surface area contributed by atoms with Gasteiger partial charge in [0.05, 0.1) is 18.4 Å². The Bertz CT molecular complexity index is 534. The van der Waals surface area contributed by atoms with Gasteiger partial charge in [-0.05, 0) is 19.1 Å². The zero-order valence-corrected chi connectivity index (χ0v) is 10.6. The average molecular weight is 262 g/mol. The van der Waals surface area contributed by atoms with Crippen molar-refractivity contribution in [2.75, 3.05) is 12.4 Å². The fourth-order valence-electron chi connectivity index (χ4n) is 1.46. The van der Waals surface area contributed by atoms with Crippen LogP contribution in [0.4, 0.5) is 5.82 Å². The number of rotatable bonds is 5. The molecule has 2 N–H and O–H groups in total. The number of anilines is 1. The number of aromatic nitrogens is 1. The summed E-state index contributed by atoms with van der Waals surface area (Å²) in [5.41, 5.74) is 0.776. The van der Waals surface area contributed by atoms with Crippen LogP contribution >= 0.6 is 0 Å². The summed E-state index contributed by atoms with van der Waals surface area (Å²) in [6.45, 7) is 1.63. The SMILES string of the molecule is C#CCC(Nc1ccc(C(=O)OC)c(C)n1)C(=O)O. The lowest BCUT2D eigenvalue weighted by Crippen LogP contribution is -2.29. The minimum absolute atomic E-state index is 0.0365. The Morgan fingerprint density at radius 1 is 1.58 bits per heavy atom. The Balaban J connectivity index is 2.92. The molecule has 0 saturated heterocycles. The lowest BCUT2D eigenvalue weighted by molar-refractivity contribution is -0.137. The minimum atomic E-state index is -1.06. The van der Waals surface area contributed by atoms with Gasteiger partial charge in [-0.25, -0.2) is 14.6 Å². The van der Waals surface area contributed by atoms with E-state index in [1.807, 2.05) is 0 Å². The molecule has 1 heterocycles. The number of carbonyl (C=O) groups excluding carboxylic acids is 1. The van der Waals surface area contributed by atoms with Crippen LogP contribution in [0.3, 0.4) is 0 Å². The van der Waals surface area contributed by atoms with E-state index in [1.54, 1.807) is 6.92 Å². The molecule has 0 amide bonds. The zero-order valence-electron chi connectivity index (χ0n) is 10.6. The molecule has 0 radical (unpaired) electrons. The Morgan fingerprint density at radius 2 is 2.26 bits per heavy atom. The molecule has 0 spiro atoms. The number of terminal acetylenes is 1. The number of aliphatic carboxylic acids is 1. The van der Waals surface area contributed by atoms with Gasteiger partial charge in [-0.3, -0.25) is 0 Å². The van der Waals surface area contributed by atoms with Gasteiger partial charge >= 0.3 is 11.9 Å². The van der Waals surface area contributed by atoms with Crippen molar-refractivity contribution >= 4 is 17.8 Å². The van der Waals surface area contributed by atoms with Crippen LogP contribution < -0.4 is 5.32 Å². The predicted molar refractivity (Wildman–Crippen MR) is 68.8 cm³/mol. The molecule has 0 aliphatic rings. The highest BCUT2D eigenvalue weighted by atomic mass is 16.5. The number of hydrogen-bond donors (Lipinski definition) is 2. The van der Waals surface area contributed by atoms with E-state index in [0.29, 0.717) is 17.1 Å². The standard InChI is InChI=1S/C13H14N2O4/c1-4-5-10(12(16)17)15-11-7-6-9(8(2)14-11)13(18)19-3/h1,6-7,10H,5H2,2-3H3,(H,14,15)(H,16,17). The van der Waals surface area contributed by atoms with E-state index in [4.69, 9.17) is 11.5 Å². The second-order valence-electron chi connectivity index (χ2n) is 3.76. The van der Waals surface area contributed by atoms with Crippen molar-refractivity contribution in [3.05, 3.63) is 23.4 Å². The largest absolute Gasteiger partial charge is 0.480 e. The molecule has 0 saturated carbocycles. The van der Waals surface area contributed by atoms with E-state index >= 15 is 0 Å². The van der Waals surface area contributed by atoms with Crippen molar-refractivity contribution in [3.8, 4) is 12.3 Å². The molecule has 19 heavy (non-hydrogen) atoms. The lowest BCUT2D eigenvalue weighted by atomic mass is 10.2. The fourth-order valence-corrected chi connectivity index (χ4v) is 1.46. The second kappa shape index (κ2) is 6.40. The molecule has 0 bridgehead atoms. The Kier molecular flexibility index (Phi) is 4.89. The first-order valence-corrected chi connectivity index (χ1v) is 5.48. The molecule has 0 fully saturated rings. The summed E-state index contributed by atoms with van der Waals surface area (Å²) in [5.74, 6) is 1.07. The summed E-state index contributed by atoms with van der Waals surface area (Å²) >= 11 is 0. The van der Waals surface area contributed by atoms with Crippen LogP contribution in [0.1, 0.15) is 22.5 Å². The molecule has 6 heteroatoms. The minimum Gasteiger partial charge on any atom is -0.480 e. The summed E-state index contributed by atoms with van der Waals surface area (Å²) in [5, 5.41) is 11.7. The van der Waals surface area contributed by atoms with Crippen LogP contribution in [-0.2, 0) is 9.53 Å². The maximum Gasteiger partial charge on any atom is 0.339 e. The number of methoxy groups -OCH3 is 1. The number of nitrogens with one attached hydrogen (secondary N) is 1. The number of carbonyl (C=O) groups is 2. The predicted octanol–water partition coefficient (Wildman–Crippen LogP) is 1.07. The van der Waals surface area contributed by atoms with E-state index in [-0.39, 0.29) is 6.42 Å². The van der Waals surface area contributed by atoms with Gasteiger partial charge in [0, 0.05) is 6.42 Å². The molecule has 100 valence electrons. The third-order valence-corrected chi connectivity index (χ3v) is 2.43. The molecular formula is C13H14N2O4. The number of carboxylic acid groups (broad SMARTS) is 1. The highest BCUT2D eigenvalue weighted by molar-refractivity contribution is 5.90.